The maximum Gasteiger partial charge on any atom is 0.232 e. The van der Waals surface area contributed by atoms with Crippen LogP contribution >= 0.6 is 0 Å². The van der Waals surface area contributed by atoms with Crippen molar-refractivity contribution in [3.05, 3.63) is 23.8 Å². The predicted octanol–water partition coefficient (Wildman–Crippen LogP) is 2.36. The Morgan fingerprint density at radius 2 is 2.35 bits per heavy atom. The number of ether oxygens (including phenoxy) is 1. The number of carbonyl (C=O) groups is 1. The van der Waals surface area contributed by atoms with E-state index in [4.69, 9.17) is 10.5 Å². The number of benzene rings is 1. The van der Waals surface area contributed by atoms with Crippen molar-refractivity contribution in [1.29, 1.82) is 0 Å². The Kier molecular flexibility index (Phi) is 3.66. The summed E-state index contributed by atoms with van der Waals surface area (Å²) in [4.78, 5) is 14.8. The van der Waals surface area contributed by atoms with Gasteiger partial charge in [-0.25, -0.2) is 0 Å². The number of aryl methyl sites for hydroxylation is 1. The summed E-state index contributed by atoms with van der Waals surface area (Å²) in [5.41, 5.74) is 8.84. The second-order valence-corrected chi connectivity index (χ2v) is 5.69. The first-order valence-corrected chi connectivity index (χ1v) is 7.52. The number of anilines is 2. The van der Waals surface area contributed by atoms with E-state index in [2.05, 4.69) is 6.92 Å². The average Bonchev–Trinajstić information content (AvgIpc) is 2.94. The molecular weight excluding hydrogens is 252 g/mol. The molecule has 0 aromatic heterocycles. The summed E-state index contributed by atoms with van der Waals surface area (Å²) < 4.78 is 5.67. The molecule has 0 spiro atoms. The van der Waals surface area contributed by atoms with Gasteiger partial charge in [0.25, 0.3) is 0 Å². The Labute approximate surface area is 119 Å². The molecule has 1 fully saturated rings. The van der Waals surface area contributed by atoms with Crippen LogP contribution in [0.2, 0.25) is 0 Å². The Morgan fingerprint density at radius 1 is 1.50 bits per heavy atom. The van der Waals surface area contributed by atoms with E-state index < -0.39 is 0 Å². The lowest BCUT2D eigenvalue weighted by molar-refractivity contribution is -0.124. The second kappa shape index (κ2) is 5.44. The predicted molar refractivity (Wildman–Crippen MR) is 79.7 cm³/mol. The van der Waals surface area contributed by atoms with Gasteiger partial charge in [-0.05, 0) is 43.4 Å². The maximum absolute atomic E-state index is 12.8. The lowest BCUT2D eigenvalue weighted by Crippen LogP contribution is -2.42. The molecule has 1 amide bonds. The topological polar surface area (TPSA) is 55.6 Å². The zero-order valence-corrected chi connectivity index (χ0v) is 12.0. The molecule has 2 atom stereocenters. The molecular formula is C16H22N2O2. The van der Waals surface area contributed by atoms with E-state index in [1.165, 1.54) is 5.56 Å². The molecule has 2 unspecified atom stereocenters. The van der Waals surface area contributed by atoms with Gasteiger partial charge in [-0.15, -0.1) is 0 Å². The molecule has 1 aromatic carbocycles. The van der Waals surface area contributed by atoms with Gasteiger partial charge < -0.3 is 15.4 Å². The molecule has 2 aliphatic rings. The molecule has 0 radical (unpaired) electrons. The standard InChI is InChI=1S/C16H22N2O2/c1-2-15-13(7-9-20-15)16(19)18-8-3-4-11-5-6-12(17)10-14(11)18/h5-6,10,13,15H,2-4,7-9,17H2,1H3. The highest BCUT2D eigenvalue weighted by molar-refractivity contribution is 5.97. The van der Waals surface area contributed by atoms with Gasteiger partial charge in [0, 0.05) is 24.5 Å². The van der Waals surface area contributed by atoms with Gasteiger partial charge in [0.1, 0.15) is 0 Å². The van der Waals surface area contributed by atoms with Crippen LogP contribution < -0.4 is 10.6 Å². The molecule has 108 valence electrons. The summed E-state index contributed by atoms with van der Waals surface area (Å²) in [5.74, 6) is 0.216. The van der Waals surface area contributed by atoms with Crippen LogP contribution in [0.25, 0.3) is 0 Å². The third-order valence-corrected chi connectivity index (χ3v) is 4.42. The van der Waals surface area contributed by atoms with Gasteiger partial charge in [0.2, 0.25) is 5.91 Å². The van der Waals surface area contributed by atoms with Gasteiger partial charge in [0.15, 0.2) is 0 Å². The number of amides is 1. The van der Waals surface area contributed by atoms with Crippen LogP contribution in [-0.4, -0.2) is 25.2 Å². The van der Waals surface area contributed by atoms with Crippen molar-refractivity contribution < 1.29 is 9.53 Å². The number of rotatable bonds is 2. The summed E-state index contributed by atoms with van der Waals surface area (Å²) in [6.07, 6.45) is 3.86. The number of hydrogen-bond acceptors (Lipinski definition) is 3. The third kappa shape index (κ3) is 2.29. The largest absolute Gasteiger partial charge is 0.399 e. The average molecular weight is 274 g/mol. The lowest BCUT2D eigenvalue weighted by Gasteiger charge is -2.32. The smallest absolute Gasteiger partial charge is 0.232 e. The van der Waals surface area contributed by atoms with Crippen LogP contribution in [0.3, 0.4) is 0 Å². The van der Waals surface area contributed by atoms with Crippen molar-refractivity contribution in [1.82, 2.24) is 0 Å². The summed E-state index contributed by atoms with van der Waals surface area (Å²) in [6.45, 7) is 3.58. The van der Waals surface area contributed by atoms with Gasteiger partial charge >= 0.3 is 0 Å². The van der Waals surface area contributed by atoms with Gasteiger partial charge in [0.05, 0.1) is 12.0 Å². The number of carbonyl (C=O) groups excluding carboxylic acids is 1. The van der Waals surface area contributed by atoms with Crippen molar-refractivity contribution in [2.75, 3.05) is 23.8 Å². The SMILES string of the molecule is CCC1OCCC1C(=O)N1CCCc2ccc(N)cc21. The molecule has 0 saturated carbocycles. The van der Waals surface area contributed by atoms with E-state index in [-0.39, 0.29) is 17.9 Å². The summed E-state index contributed by atoms with van der Waals surface area (Å²) in [5, 5.41) is 0. The van der Waals surface area contributed by atoms with Crippen molar-refractivity contribution >= 4 is 17.3 Å². The molecule has 0 bridgehead atoms. The summed E-state index contributed by atoms with van der Waals surface area (Å²) >= 11 is 0. The van der Waals surface area contributed by atoms with Crippen LogP contribution in [0.5, 0.6) is 0 Å². The monoisotopic (exact) mass is 274 g/mol. The van der Waals surface area contributed by atoms with Crippen molar-refractivity contribution in [3.8, 4) is 0 Å². The first-order chi connectivity index (χ1) is 9.70. The quantitative estimate of drug-likeness (QED) is 0.842. The fourth-order valence-corrected chi connectivity index (χ4v) is 3.35. The highest BCUT2D eigenvalue weighted by atomic mass is 16.5. The van der Waals surface area contributed by atoms with Crippen molar-refractivity contribution in [2.45, 2.75) is 38.7 Å². The van der Waals surface area contributed by atoms with Crippen LogP contribution in [0.15, 0.2) is 18.2 Å². The number of nitrogens with zero attached hydrogens (tertiary/aromatic N) is 1. The summed E-state index contributed by atoms with van der Waals surface area (Å²) in [6, 6.07) is 5.90. The molecule has 1 aromatic rings. The molecule has 1 saturated heterocycles. The molecule has 2 N–H and O–H groups in total. The van der Waals surface area contributed by atoms with E-state index in [0.717, 1.165) is 43.6 Å². The van der Waals surface area contributed by atoms with Gasteiger partial charge in [-0.1, -0.05) is 13.0 Å². The fourth-order valence-electron chi connectivity index (χ4n) is 3.35. The lowest BCUT2D eigenvalue weighted by atomic mass is 9.94. The highest BCUT2D eigenvalue weighted by Gasteiger charge is 2.37. The minimum atomic E-state index is 0.00683. The Bertz CT molecular complexity index is 515. The van der Waals surface area contributed by atoms with Gasteiger partial charge in [-0.2, -0.15) is 0 Å². The Morgan fingerprint density at radius 3 is 3.15 bits per heavy atom. The first-order valence-electron chi connectivity index (χ1n) is 7.52. The number of fused-ring (bicyclic) bond motifs is 1. The summed E-state index contributed by atoms with van der Waals surface area (Å²) in [7, 11) is 0. The fraction of sp³-hybridized carbons (Fsp3) is 0.562. The molecule has 20 heavy (non-hydrogen) atoms. The number of nitrogen functional groups attached to an aromatic ring is 1. The molecule has 3 rings (SSSR count). The highest BCUT2D eigenvalue weighted by Crippen LogP contribution is 2.33. The molecule has 2 heterocycles. The van der Waals surface area contributed by atoms with Crippen molar-refractivity contribution in [2.24, 2.45) is 5.92 Å². The van der Waals surface area contributed by atoms with Gasteiger partial charge in [-0.3, -0.25) is 4.79 Å². The first kappa shape index (κ1) is 13.4. The van der Waals surface area contributed by atoms with E-state index in [1.807, 2.05) is 23.1 Å². The second-order valence-electron chi connectivity index (χ2n) is 5.69. The van der Waals surface area contributed by atoms with Crippen LogP contribution in [-0.2, 0) is 16.0 Å². The normalized spacial score (nSPS) is 25.6. The molecule has 4 heteroatoms. The van der Waals surface area contributed by atoms with Crippen LogP contribution in [0.4, 0.5) is 11.4 Å². The molecule has 4 nitrogen and oxygen atoms in total. The molecule has 2 aliphatic heterocycles. The minimum absolute atomic E-state index is 0.00683. The van der Waals surface area contributed by atoms with Crippen molar-refractivity contribution in [3.63, 3.8) is 0 Å². The zero-order chi connectivity index (χ0) is 14.1. The Balaban J connectivity index is 1.88. The van der Waals surface area contributed by atoms with E-state index in [9.17, 15) is 4.79 Å². The minimum Gasteiger partial charge on any atom is -0.399 e. The molecule has 0 aliphatic carbocycles. The van der Waals surface area contributed by atoms with Crippen LogP contribution in [0.1, 0.15) is 31.7 Å². The van der Waals surface area contributed by atoms with E-state index >= 15 is 0 Å². The number of nitrogens with two attached hydrogens (primary N) is 1. The zero-order valence-electron chi connectivity index (χ0n) is 12.0. The van der Waals surface area contributed by atoms with E-state index in [1.54, 1.807) is 0 Å². The third-order valence-electron chi connectivity index (χ3n) is 4.42. The number of hydrogen-bond donors (Lipinski definition) is 1. The maximum atomic E-state index is 12.8. The van der Waals surface area contributed by atoms with E-state index in [0.29, 0.717) is 6.61 Å². The van der Waals surface area contributed by atoms with Crippen LogP contribution in [0, 0.1) is 5.92 Å². The Hall–Kier alpha value is -1.55.